The first kappa shape index (κ1) is 21.0. The van der Waals surface area contributed by atoms with Crippen molar-refractivity contribution in [1.29, 1.82) is 0 Å². The van der Waals surface area contributed by atoms with Crippen molar-refractivity contribution >= 4 is 17.8 Å². The Morgan fingerprint density at radius 1 is 0.886 bits per heavy atom. The highest BCUT2D eigenvalue weighted by Crippen LogP contribution is 2.49. The maximum Gasteiger partial charge on any atom is 0.312 e. The SMILES string of the molecule is COc1ccccc1C=C1Oc2c(ccc3c2C(c2ccc(-c4ccccc4)o2)CC(=O)O3)C1=O. The number of ketones is 1. The van der Waals surface area contributed by atoms with E-state index in [4.69, 9.17) is 18.6 Å². The normalized spacial score (nSPS) is 17.5. The molecule has 0 bridgehead atoms. The first-order chi connectivity index (χ1) is 17.1. The van der Waals surface area contributed by atoms with Crippen molar-refractivity contribution in [2.24, 2.45) is 0 Å². The van der Waals surface area contributed by atoms with E-state index in [9.17, 15) is 9.59 Å². The van der Waals surface area contributed by atoms with Crippen molar-refractivity contribution in [3.05, 3.63) is 107 Å². The van der Waals surface area contributed by atoms with Crippen LogP contribution in [0.1, 0.15) is 39.6 Å². The Hall–Kier alpha value is -4.58. The number of rotatable bonds is 4. The van der Waals surface area contributed by atoms with Gasteiger partial charge in [0.15, 0.2) is 5.76 Å². The molecule has 0 amide bonds. The quantitative estimate of drug-likeness (QED) is 0.209. The minimum atomic E-state index is -0.447. The molecule has 0 spiro atoms. The highest BCUT2D eigenvalue weighted by Gasteiger charge is 2.39. The summed E-state index contributed by atoms with van der Waals surface area (Å²) >= 11 is 0. The van der Waals surface area contributed by atoms with Gasteiger partial charge in [-0.05, 0) is 36.4 Å². The summed E-state index contributed by atoms with van der Waals surface area (Å²) < 4.78 is 23.2. The second-order valence-corrected chi connectivity index (χ2v) is 8.33. The van der Waals surface area contributed by atoms with Crippen LogP contribution in [0.25, 0.3) is 17.4 Å². The number of carbonyl (C=O) groups is 2. The van der Waals surface area contributed by atoms with Crippen LogP contribution in [0.2, 0.25) is 0 Å². The zero-order chi connectivity index (χ0) is 23.9. The molecule has 1 atom stereocenters. The minimum Gasteiger partial charge on any atom is -0.496 e. The number of esters is 1. The van der Waals surface area contributed by atoms with Crippen LogP contribution in [0.4, 0.5) is 0 Å². The van der Waals surface area contributed by atoms with Gasteiger partial charge in [-0.3, -0.25) is 9.59 Å². The molecular formula is C29H20O6. The molecular weight excluding hydrogens is 444 g/mol. The highest BCUT2D eigenvalue weighted by atomic mass is 16.5. The molecule has 1 unspecified atom stereocenters. The Kier molecular flexibility index (Phi) is 4.99. The fourth-order valence-corrected chi connectivity index (χ4v) is 4.57. The molecule has 3 aromatic carbocycles. The van der Waals surface area contributed by atoms with Crippen LogP contribution < -0.4 is 14.2 Å². The molecule has 35 heavy (non-hydrogen) atoms. The first-order valence-corrected chi connectivity index (χ1v) is 11.2. The molecule has 6 rings (SSSR count). The number of carbonyl (C=O) groups excluding carboxylic acids is 2. The van der Waals surface area contributed by atoms with Gasteiger partial charge in [-0.15, -0.1) is 0 Å². The number of ether oxygens (including phenoxy) is 3. The second-order valence-electron chi connectivity index (χ2n) is 8.33. The summed E-state index contributed by atoms with van der Waals surface area (Å²) in [5.74, 6) is 1.82. The maximum atomic E-state index is 13.2. The number of benzene rings is 3. The topological polar surface area (TPSA) is 75.0 Å². The first-order valence-electron chi connectivity index (χ1n) is 11.2. The van der Waals surface area contributed by atoms with Crippen molar-refractivity contribution in [2.45, 2.75) is 12.3 Å². The van der Waals surface area contributed by atoms with Gasteiger partial charge in [0, 0.05) is 16.7 Å². The van der Waals surface area contributed by atoms with Crippen LogP contribution in [-0.2, 0) is 4.79 Å². The number of fused-ring (bicyclic) bond motifs is 3. The van der Waals surface area contributed by atoms with E-state index in [0.29, 0.717) is 39.9 Å². The fraction of sp³-hybridized carbons (Fsp3) is 0.103. The summed E-state index contributed by atoms with van der Waals surface area (Å²) in [7, 11) is 1.58. The largest absolute Gasteiger partial charge is 0.496 e. The Morgan fingerprint density at radius 2 is 1.69 bits per heavy atom. The lowest BCUT2D eigenvalue weighted by atomic mass is 9.88. The van der Waals surface area contributed by atoms with Crippen molar-refractivity contribution < 1.29 is 28.2 Å². The smallest absolute Gasteiger partial charge is 0.312 e. The number of methoxy groups -OCH3 is 1. The van der Waals surface area contributed by atoms with Crippen LogP contribution in [0, 0.1) is 0 Å². The molecule has 1 aromatic heterocycles. The summed E-state index contributed by atoms with van der Waals surface area (Å²) in [6.07, 6.45) is 1.74. The third-order valence-electron chi connectivity index (χ3n) is 6.23. The van der Waals surface area contributed by atoms with Crippen LogP contribution in [0.5, 0.6) is 17.2 Å². The Balaban J connectivity index is 1.43. The maximum absolute atomic E-state index is 13.2. The number of Topliss-reactive ketones (excluding diaryl/α,β-unsaturated/α-hetero) is 1. The minimum absolute atomic E-state index is 0.0777. The van der Waals surface area contributed by atoms with Crippen LogP contribution in [-0.4, -0.2) is 18.9 Å². The van der Waals surface area contributed by atoms with E-state index in [2.05, 4.69) is 0 Å². The molecule has 0 aliphatic carbocycles. The zero-order valence-corrected chi connectivity index (χ0v) is 18.8. The average Bonchev–Trinajstić information content (AvgIpc) is 3.50. The molecule has 4 aromatic rings. The van der Waals surface area contributed by atoms with E-state index in [1.54, 1.807) is 25.3 Å². The Morgan fingerprint density at radius 3 is 2.51 bits per heavy atom. The van der Waals surface area contributed by atoms with Gasteiger partial charge < -0.3 is 18.6 Å². The zero-order valence-electron chi connectivity index (χ0n) is 18.8. The van der Waals surface area contributed by atoms with Crippen molar-refractivity contribution in [1.82, 2.24) is 0 Å². The third kappa shape index (κ3) is 3.60. The lowest BCUT2D eigenvalue weighted by Crippen LogP contribution is -2.21. The van der Waals surface area contributed by atoms with Gasteiger partial charge >= 0.3 is 5.97 Å². The molecule has 0 N–H and O–H groups in total. The van der Waals surface area contributed by atoms with Gasteiger partial charge in [-0.1, -0.05) is 48.5 Å². The number of hydrogen-bond acceptors (Lipinski definition) is 6. The van der Waals surface area contributed by atoms with E-state index in [1.807, 2.05) is 66.7 Å². The van der Waals surface area contributed by atoms with Crippen LogP contribution >= 0.6 is 0 Å². The van der Waals surface area contributed by atoms with E-state index in [0.717, 1.165) is 11.1 Å². The predicted octanol–water partition coefficient (Wildman–Crippen LogP) is 6.01. The standard InChI is InChI=1S/C29H20O6/c1-32-21-10-6-5-9-18(21)15-25-28(31)19-11-12-24-27(29(19)35-25)20(16-26(30)34-24)23-14-13-22(33-23)17-7-3-2-4-8-17/h2-15,20H,16H2,1H3. The van der Waals surface area contributed by atoms with Gasteiger partial charge in [0.25, 0.3) is 0 Å². The van der Waals surface area contributed by atoms with Gasteiger partial charge in [-0.25, -0.2) is 0 Å². The van der Waals surface area contributed by atoms with Crippen LogP contribution in [0.3, 0.4) is 0 Å². The molecule has 0 saturated heterocycles. The molecule has 2 aliphatic rings. The predicted molar refractivity (Wildman–Crippen MR) is 129 cm³/mol. The van der Waals surface area contributed by atoms with E-state index < -0.39 is 5.92 Å². The van der Waals surface area contributed by atoms with E-state index >= 15 is 0 Å². The average molecular weight is 464 g/mol. The molecule has 2 aliphatic heterocycles. The summed E-state index contributed by atoms with van der Waals surface area (Å²) in [4.78, 5) is 25.6. The summed E-state index contributed by atoms with van der Waals surface area (Å²) in [6.45, 7) is 0. The summed E-state index contributed by atoms with van der Waals surface area (Å²) in [5.41, 5.74) is 2.71. The number of furan rings is 1. The summed E-state index contributed by atoms with van der Waals surface area (Å²) in [6, 6.07) is 24.1. The van der Waals surface area contributed by atoms with Gasteiger partial charge in [-0.2, -0.15) is 0 Å². The van der Waals surface area contributed by atoms with Gasteiger partial charge in [0.1, 0.15) is 28.8 Å². The van der Waals surface area contributed by atoms with E-state index in [-0.39, 0.29) is 23.9 Å². The molecule has 0 saturated carbocycles. The Labute approximate surface area is 201 Å². The van der Waals surface area contributed by atoms with Gasteiger partial charge in [0.2, 0.25) is 5.78 Å². The molecule has 0 fully saturated rings. The number of para-hydroxylation sites is 1. The highest BCUT2D eigenvalue weighted by molar-refractivity contribution is 6.15. The monoisotopic (exact) mass is 464 g/mol. The number of hydrogen-bond donors (Lipinski definition) is 0. The molecule has 6 nitrogen and oxygen atoms in total. The number of allylic oxidation sites excluding steroid dienone is 1. The molecule has 3 heterocycles. The second kappa shape index (κ2) is 8.33. The van der Waals surface area contributed by atoms with Crippen molar-refractivity contribution in [3.8, 4) is 28.6 Å². The third-order valence-corrected chi connectivity index (χ3v) is 6.23. The van der Waals surface area contributed by atoms with Gasteiger partial charge in [0.05, 0.1) is 25.0 Å². The van der Waals surface area contributed by atoms with Crippen molar-refractivity contribution in [3.63, 3.8) is 0 Å². The summed E-state index contributed by atoms with van der Waals surface area (Å²) in [5, 5.41) is 0. The lowest BCUT2D eigenvalue weighted by molar-refractivity contribution is -0.135. The molecule has 172 valence electrons. The van der Waals surface area contributed by atoms with Crippen LogP contribution in [0.15, 0.2) is 89.0 Å². The molecule has 0 radical (unpaired) electrons. The van der Waals surface area contributed by atoms with Crippen molar-refractivity contribution in [2.75, 3.05) is 7.11 Å². The lowest BCUT2D eigenvalue weighted by Gasteiger charge is -2.24. The van der Waals surface area contributed by atoms with E-state index in [1.165, 1.54) is 0 Å². The fourth-order valence-electron chi connectivity index (χ4n) is 4.57. The molecule has 6 heteroatoms. The Bertz CT molecular complexity index is 1490.